The lowest BCUT2D eigenvalue weighted by Gasteiger charge is -2.30. The van der Waals surface area contributed by atoms with Crippen molar-refractivity contribution in [1.82, 2.24) is 14.7 Å². The Kier molecular flexibility index (Phi) is 3.99. The van der Waals surface area contributed by atoms with Crippen LogP contribution in [0.1, 0.15) is 18.6 Å². The zero-order valence-electron chi connectivity index (χ0n) is 18.1. The standard InChI is InChI=1S/C25H25N3O5/c29-22-18-13-3-4-14(8-13)19(18)23(30)27(22)11-26(10-17-2-1-7-33-17)12-28-24(31)20-15-5-6-16(9-15)21(20)25(28)32/h1-7,13-16,18-21H,8-12H2/t13-,14-,15-,16+,18-,19+,20-,21+/m0/s1. The van der Waals surface area contributed by atoms with Crippen LogP contribution in [0.2, 0.25) is 0 Å². The van der Waals surface area contributed by atoms with E-state index in [4.69, 9.17) is 4.42 Å². The van der Waals surface area contributed by atoms with Gasteiger partial charge in [0.05, 0.1) is 49.8 Å². The predicted octanol–water partition coefficient (Wildman–Crippen LogP) is 1.61. The summed E-state index contributed by atoms with van der Waals surface area (Å²) in [5.74, 6) is -0.396. The lowest BCUT2D eigenvalue weighted by atomic mass is 9.85. The summed E-state index contributed by atoms with van der Waals surface area (Å²) in [7, 11) is 0. The second-order valence-corrected chi connectivity index (χ2v) is 10.4. The molecule has 8 heteroatoms. The maximum absolute atomic E-state index is 13.2. The van der Waals surface area contributed by atoms with Crippen LogP contribution in [0.3, 0.4) is 0 Å². The first-order valence-electron chi connectivity index (χ1n) is 11.8. The SMILES string of the molecule is O=C1[C@@H]2[C@H](C(=O)N1CN(Cc1ccco1)CN1C(=O)[C@@H]3[C@H](C1=O)[C@H]1C=C[C@H]3C1)[C@@H]1C=C[C@H]2C1. The molecule has 0 N–H and O–H groups in total. The van der Waals surface area contributed by atoms with Crippen LogP contribution < -0.4 is 0 Å². The molecule has 7 rings (SSSR count). The average molecular weight is 447 g/mol. The van der Waals surface area contributed by atoms with E-state index in [1.165, 1.54) is 9.80 Å². The minimum atomic E-state index is -0.269. The molecule has 33 heavy (non-hydrogen) atoms. The molecule has 6 aliphatic rings. The molecule has 0 unspecified atom stereocenters. The van der Waals surface area contributed by atoms with Crippen LogP contribution in [-0.2, 0) is 25.7 Å². The molecule has 4 aliphatic carbocycles. The summed E-state index contributed by atoms with van der Waals surface area (Å²) >= 11 is 0. The number of furan rings is 1. The van der Waals surface area contributed by atoms with Crippen molar-refractivity contribution in [1.29, 1.82) is 0 Å². The van der Waals surface area contributed by atoms with Crippen LogP contribution in [-0.4, -0.2) is 51.7 Å². The third kappa shape index (κ3) is 2.61. The molecular weight excluding hydrogens is 422 g/mol. The molecule has 170 valence electrons. The Bertz CT molecular complexity index is 993. The van der Waals surface area contributed by atoms with Gasteiger partial charge in [-0.15, -0.1) is 0 Å². The highest BCUT2D eigenvalue weighted by atomic mass is 16.3. The molecule has 0 spiro atoms. The molecule has 4 amide bonds. The van der Waals surface area contributed by atoms with Gasteiger partial charge in [0, 0.05) is 0 Å². The fourth-order valence-corrected chi connectivity index (χ4v) is 7.37. The first kappa shape index (κ1) is 19.5. The third-order valence-corrected chi connectivity index (χ3v) is 8.77. The molecule has 0 aromatic carbocycles. The number of hydrogen-bond acceptors (Lipinski definition) is 6. The van der Waals surface area contributed by atoms with E-state index in [1.54, 1.807) is 17.2 Å². The average Bonchev–Trinajstić information content (AvgIpc) is 3.63. The first-order valence-corrected chi connectivity index (χ1v) is 11.8. The van der Waals surface area contributed by atoms with E-state index >= 15 is 0 Å². The topological polar surface area (TPSA) is 91.1 Å². The summed E-state index contributed by atoms with van der Waals surface area (Å²) in [5, 5.41) is 0. The lowest BCUT2D eigenvalue weighted by molar-refractivity contribution is -0.146. The van der Waals surface area contributed by atoms with Gasteiger partial charge in [-0.05, 0) is 48.6 Å². The van der Waals surface area contributed by atoms with E-state index in [9.17, 15) is 19.2 Å². The van der Waals surface area contributed by atoms with Crippen LogP contribution in [0.4, 0.5) is 0 Å². The molecule has 4 bridgehead atoms. The summed E-state index contributed by atoms with van der Waals surface area (Å²) in [4.78, 5) is 57.3. The van der Waals surface area contributed by atoms with Crippen LogP contribution in [0.5, 0.6) is 0 Å². The zero-order chi connectivity index (χ0) is 22.4. The van der Waals surface area contributed by atoms with Gasteiger partial charge in [0.25, 0.3) is 0 Å². The van der Waals surface area contributed by atoms with Gasteiger partial charge in [0.2, 0.25) is 23.6 Å². The maximum Gasteiger partial charge on any atom is 0.234 e. The molecule has 2 aliphatic heterocycles. The second-order valence-electron chi connectivity index (χ2n) is 10.4. The lowest BCUT2D eigenvalue weighted by Crippen LogP contribution is -2.48. The third-order valence-electron chi connectivity index (χ3n) is 8.77. The van der Waals surface area contributed by atoms with Gasteiger partial charge in [-0.2, -0.15) is 0 Å². The van der Waals surface area contributed by atoms with Crippen molar-refractivity contribution in [2.75, 3.05) is 13.3 Å². The van der Waals surface area contributed by atoms with Gasteiger partial charge in [-0.3, -0.25) is 33.9 Å². The molecule has 8 nitrogen and oxygen atoms in total. The fourth-order valence-electron chi connectivity index (χ4n) is 7.37. The normalized spacial score (nSPS) is 39.8. The predicted molar refractivity (Wildman–Crippen MR) is 113 cm³/mol. The van der Waals surface area contributed by atoms with Crippen LogP contribution in [0.25, 0.3) is 0 Å². The molecule has 8 atom stereocenters. The Morgan fingerprint density at radius 1 is 0.727 bits per heavy atom. The van der Waals surface area contributed by atoms with Crippen molar-refractivity contribution in [3.05, 3.63) is 48.5 Å². The van der Waals surface area contributed by atoms with Crippen molar-refractivity contribution in [2.45, 2.75) is 19.4 Å². The molecule has 4 fully saturated rings. The van der Waals surface area contributed by atoms with Crippen molar-refractivity contribution in [3.8, 4) is 0 Å². The van der Waals surface area contributed by atoms with E-state index in [1.807, 2.05) is 6.07 Å². The number of hydrogen-bond donors (Lipinski definition) is 0. The quantitative estimate of drug-likeness (QED) is 0.486. The monoisotopic (exact) mass is 447 g/mol. The number of allylic oxidation sites excluding steroid dienone is 4. The fraction of sp³-hybridized carbons (Fsp3) is 0.520. The van der Waals surface area contributed by atoms with E-state index in [-0.39, 0.29) is 84.3 Å². The molecule has 2 saturated carbocycles. The first-order chi connectivity index (χ1) is 16.0. The van der Waals surface area contributed by atoms with Crippen LogP contribution in [0, 0.1) is 47.3 Å². The van der Waals surface area contributed by atoms with Gasteiger partial charge in [-0.25, -0.2) is 0 Å². The zero-order valence-corrected chi connectivity index (χ0v) is 18.1. The second kappa shape index (κ2) is 6.76. The summed E-state index contributed by atoms with van der Waals surface area (Å²) in [6.07, 6.45) is 11.6. The molecular formula is C25H25N3O5. The molecule has 2 saturated heterocycles. The highest BCUT2D eigenvalue weighted by Crippen LogP contribution is 2.53. The van der Waals surface area contributed by atoms with E-state index in [0.29, 0.717) is 12.3 Å². The van der Waals surface area contributed by atoms with Gasteiger partial charge in [-0.1, -0.05) is 24.3 Å². The van der Waals surface area contributed by atoms with Crippen LogP contribution >= 0.6 is 0 Å². The minimum absolute atomic E-state index is 0.0440. The van der Waals surface area contributed by atoms with E-state index in [0.717, 1.165) is 12.8 Å². The maximum atomic E-state index is 13.2. The summed E-state index contributed by atoms with van der Waals surface area (Å²) < 4.78 is 5.50. The van der Waals surface area contributed by atoms with E-state index in [2.05, 4.69) is 24.3 Å². The Hall–Kier alpha value is -3.00. The van der Waals surface area contributed by atoms with Gasteiger partial charge in [0.1, 0.15) is 5.76 Å². The van der Waals surface area contributed by atoms with Gasteiger partial charge >= 0.3 is 0 Å². The summed E-state index contributed by atoms with van der Waals surface area (Å²) in [6.45, 7) is 0.382. The Morgan fingerprint density at radius 2 is 1.15 bits per heavy atom. The van der Waals surface area contributed by atoms with Gasteiger partial charge < -0.3 is 4.42 Å². The number of amides is 4. The molecule has 3 heterocycles. The number of rotatable bonds is 6. The van der Waals surface area contributed by atoms with Crippen molar-refractivity contribution in [3.63, 3.8) is 0 Å². The number of carbonyl (C=O) groups is 4. The minimum Gasteiger partial charge on any atom is -0.468 e. The summed E-state index contributed by atoms with van der Waals surface area (Å²) in [6, 6.07) is 3.58. The van der Waals surface area contributed by atoms with E-state index < -0.39 is 0 Å². The Labute approximate surface area is 190 Å². The number of imide groups is 2. The summed E-state index contributed by atoms with van der Waals surface area (Å²) in [5.41, 5.74) is 0. The highest BCUT2D eigenvalue weighted by Gasteiger charge is 2.61. The number of fused-ring (bicyclic) bond motifs is 10. The molecule has 0 radical (unpaired) electrons. The van der Waals surface area contributed by atoms with Crippen molar-refractivity contribution >= 4 is 23.6 Å². The highest BCUT2D eigenvalue weighted by molar-refractivity contribution is 6.07. The Morgan fingerprint density at radius 3 is 1.52 bits per heavy atom. The smallest absolute Gasteiger partial charge is 0.234 e. The number of likely N-dealkylation sites (tertiary alicyclic amines) is 2. The molecule has 1 aromatic heterocycles. The van der Waals surface area contributed by atoms with Crippen LogP contribution in [0.15, 0.2) is 47.1 Å². The Balaban J connectivity index is 1.13. The molecule has 1 aromatic rings. The van der Waals surface area contributed by atoms with Crippen molar-refractivity contribution < 1.29 is 23.6 Å². The van der Waals surface area contributed by atoms with Gasteiger partial charge in [0.15, 0.2) is 0 Å². The number of nitrogens with zero attached hydrogens (tertiary/aromatic N) is 3. The van der Waals surface area contributed by atoms with Crippen molar-refractivity contribution in [2.24, 2.45) is 47.3 Å². The number of carbonyl (C=O) groups excluding carboxylic acids is 4. The largest absolute Gasteiger partial charge is 0.468 e.